The summed E-state index contributed by atoms with van der Waals surface area (Å²) in [5.41, 5.74) is 2.06. The maximum Gasteiger partial charge on any atom is 0.261 e. The first-order chi connectivity index (χ1) is 14.9. The van der Waals surface area contributed by atoms with Gasteiger partial charge in [0.2, 0.25) is 10.0 Å². The van der Waals surface area contributed by atoms with Crippen LogP contribution in [0.15, 0.2) is 71.6 Å². The van der Waals surface area contributed by atoms with Crippen LogP contribution >= 0.6 is 11.6 Å². The molecule has 3 N–H and O–H groups in total. The number of amides is 1. The fourth-order valence-corrected chi connectivity index (χ4v) is 4.58. The zero-order chi connectivity index (χ0) is 23.5. The van der Waals surface area contributed by atoms with Crippen molar-refractivity contribution in [3.05, 3.63) is 82.9 Å². The zero-order valence-corrected chi connectivity index (χ0v) is 19.5. The number of aryl methyl sites for hydroxylation is 1. The van der Waals surface area contributed by atoms with E-state index in [2.05, 4.69) is 14.8 Å². The molecule has 0 saturated carbocycles. The fourth-order valence-electron chi connectivity index (χ4n) is 2.77. The third-order valence-electron chi connectivity index (χ3n) is 4.30. The van der Waals surface area contributed by atoms with Crippen LogP contribution in [-0.2, 0) is 20.0 Å². The summed E-state index contributed by atoms with van der Waals surface area (Å²) in [5, 5.41) is 3.17. The van der Waals surface area contributed by atoms with E-state index in [1.165, 1.54) is 36.4 Å². The Hall–Kier alpha value is -3.08. The second kappa shape index (κ2) is 9.19. The van der Waals surface area contributed by atoms with Crippen molar-refractivity contribution in [2.75, 3.05) is 21.0 Å². The molecule has 11 heteroatoms. The maximum atomic E-state index is 12.5. The third-order valence-corrected chi connectivity index (χ3v) is 6.54. The quantitative estimate of drug-likeness (QED) is 0.458. The molecule has 168 valence electrons. The molecule has 0 atom stereocenters. The van der Waals surface area contributed by atoms with Gasteiger partial charge >= 0.3 is 0 Å². The van der Waals surface area contributed by atoms with E-state index in [1.54, 1.807) is 37.3 Å². The number of rotatable bonds is 7. The van der Waals surface area contributed by atoms with E-state index < -0.39 is 26.0 Å². The standard InChI is InChI=1S/C21H20ClN3O5S2/c1-14-13-15(3-12-20(14)25-31(2,27)28)21(26)23-17-8-10-19(11-9-17)32(29,30)24-18-6-4-16(22)5-7-18/h3-13,24-25H,1-2H3,(H,23,26). The number of carbonyl (C=O) groups is 1. The molecule has 8 nitrogen and oxygen atoms in total. The molecule has 3 aromatic carbocycles. The minimum atomic E-state index is -3.81. The van der Waals surface area contributed by atoms with E-state index in [1.807, 2.05) is 0 Å². The molecule has 0 bridgehead atoms. The fraction of sp³-hybridized carbons (Fsp3) is 0.0952. The summed E-state index contributed by atoms with van der Waals surface area (Å²) in [6.07, 6.45) is 1.04. The van der Waals surface area contributed by atoms with Crippen LogP contribution < -0.4 is 14.8 Å². The molecule has 32 heavy (non-hydrogen) atoms. The van der Waals surface area contributed by atoms with Gasteiger partial charge in [-0.25, -0.2) is 16.8 Å². The van der Waals surface area contributed by atoms with Crippen LogP contribution in [-0.4, -0.2) is 29.0 Å². The third kappa shape index (κ3) is 6.22. The number of benzene rings is 3. The Labute approximate surface area is 191 Å². The number of carbonyl (C=O) groups excluding carboxylic acids is 1. The summed E-state index contributed by atoms with van der Waals surface area (Å²) >= 11 is 5.81. The number of anilines is 3. The molecule has 3 aromatic rings. The van der Waals surface area contributed by atoms with Crippen molar-refractivity contribution in [3.8, 4) is 0 Å². The molecule has 0 aliphatic carbocycles. The van der Waals surface area contributed by atoms with Crippen LogP contribution in [0, 0.1) is 6.92 Å². The Morgan fingerprint density at radius 1 is 0.812 bits per heavy atom. The molecule has 0 aliphatic rings. The minimum absolute atomic E-state index is 0.0255. The highest BCUT2D eigenvalue weighted by molar-refractivity contribution is 7.92. The van der Waals surface area contributed by atoms with E-state index in [9.17, 15) is 21.6 Å². The number of hydrogen-bond donors (Lipinski definition) is 3. The summed E-state index contributed by atoms with van der Waals surface area (Å²) in [4.78, 5) is 12.5. The van der Waals surface area contributed by atoms with Gasteiger partial charge in [-0.3, -0.25) is 14.2 Å². The number of hydrogen-bond acceptors (Lipinski definition) is 5. The first kappa shape index (κ1) is 23.6. The summed E-state index contributed by atoms with van der Waals surface area (Å²) in [5.74, 6) is -0.422. The van der Waals surface area contributed by atoms with E-state index in [0.717, 1.165) is 6.26 Å². The van der Waals surface area contributed by atoms with Crippen molar-refractivity contribution in [1.82, 2.24) is 0 Å². The van der Waals surface area contributed by atoms with Crippen molar-refractivity contribution < 1.29 is 21.6 Å². The molecule has 3 rings (SSSR count). The van der Waals surface area contributed by atoms with Gasteiger partial charge in [-0.15, -0.1) is 0 Å². The van der Waals surface area contributed by atoms with Gasteiger partial charge < -0.3 is 5.32 Å². The minimum Gasteiger partial charge on any atom is -0.322 e. The van der Waals surface area contributed by atoms with Gasteiger partial charge in [0, 0.05) is 22.0 Å². The Morgan fingerprint density at radius 3 is 1.97 bits per heavy atom. The van der Waals surface area contributed by atoms with Gasteiger partial charge in [0.05, 0.1) is 16.8 Å². The Kier molecular flexibility index (Phi) is 6.77. The highest BCUT2D eigenvalue weighted by Crippen LogP contribution is 2.21. The lowest BCUT2D eigenvalue weighted by Crippen LogP contribution is -2.15. The predicted molar refractivity (Wildman–Crippen MR) is 126 cm³/mol. The van der Waals surface area contributed by atoms with Crippen LogP contribution in [0.1, 0.15) is 15.9 Å². The topological polar surface area (TPSA) is 121 Å². The highest BCUT2D eigenvalue weighted by Gasteiger charge is 2.15. The molecular formula is C21H20ClN3O5S2. The molecule has 0 aromatic heterocycles. The van der Waals surface area contributed by atoms with Gasteiger partial charge in [0.15, 0.2) is 0 Å². The monoisotopic (exact) mass is 493 g/mol. The van der Waals surface area contributed by atoms with Crippen LogP contribution in [0.3, 0.4) is 0 Å². The maximum absolute atomic E-state index is 12.5. The van der Waals surface area contributed by atoms with E-state index in [0.29, 0.717) is 33.2 Å². The van der Waals surface area contributed by atoms with E-state index >= 15 is 0 Å². The Bertz CT molecular complexity index is 1360. The number of nitrogens with one attached hydrogen (secondary N) is 3. The zero-order valence-electron chi connectivity index (χ0n) is 17.1. The number of sulfonamides is 2. The molecular weight excluding hydrogens is 474 g/mol. The van der Waals surface area contributed by atoms with Crippen molar-refractivity contribution in [3.63, 3.8) is 0 Å². The summed E-state index contributed by atoms with van der Waals surface area (Å²) in [6, 6.07) is 16.5. The second-order valence-electron chi connectivity index (χ2n) is 6.99. The SMILES string of the molecule is Cc1cc(C(=O)Nc2ccc(S(=O)(=O)Nc3ccc(Cl)cc3)cc2)ccc1NS(C)(=O)=O. The van der Waals surface area contributed by atoms with Crippen LogP contribution in [0.4, 0.5) is 17.1 Å². The predicted octanol–water partition coefficient (Wildman–Crippen LogP) is 4.07. The van der Waals surface area contributed by atoms with Crippen LogP contribution in [0.5, 0.6) is 0 Å². The first-order valence-electron chi connectivity index (χ1n) is 9.21. The molecule has 0 unspecified atom stereocenters. The summed E-state index contributed by atoms with van der Waals surface area (Å²) in [7, 11) is -7.24. The van der Waals surface area contributed by atoms with Gasteiger partial charge in [-0.05, 0) is 79.2 Å². The van der Waals surface area contributed by atoms with Crippen molar-refractivity contribution in [1.29, 1.82) is 0 Å². The number of halogens is 1. The normalized spacial score (nSPS) is 11.6. The van der Waals surface area contributed by atoms with Gasteiger partial charge in [0.1, 0.15) is 0 Å². The summed E-state index contributed by atoms with van der Waals surface area (Å²) < 4.78 is 52.7. The molecule has 0 fully saturated rings. The lowest BCUT2D eigenvalue weighted by Gasteiger charge is -2.11. The Morgan fingerprint density at radius 2 is 1.41 bits per heavy atom. The van der Waals surface area contributed by atoms with E-state index in [4.69, 9.17) is 11.6 Å². The van der Waals surface area contributed by atoms with E-state index in [-0.39, 0.29) is 4.90 Å². The Balaban J connectivity index is 1.70. The van der Waals surface area contributed by atoms with Crippen LogP contribution in [0.25, 0.3) is 0 Å². The molecule has 0 spiro atoms. The van der Waals surface area contributed by atoms with Crippen molar-refractivity contribution >= 4 is 54.6 Å². The largest absolute Gasteiger partial charge is 0.322 e. The molecule has 1 amide bonds. The second-order valence-corrected chi connectivity index (χ2v) is 10.9. The van der Waals surface area contributed by atoms with Crippen molar-refractivity contribution in [2.45, 2.75) is 11.8 Å². The van der Waals surface area contributed by atoms with Crippen LogP contribution in [0.2, 0.25) is 5.02 Å². The van der Waals surface area contributed by atoms with Crippen molar-refractivity contribution in [2.24, 2.45) is 0 Å². The molecule has 0 radical (unpaired) electrons. The lowest BCUT2D eigenvalue weighted by atomic mass is 10.1. The molecule has 0 saturated heterocycles. The van der Waals surface area contributed by atoms with Gasteiger partial charge in [-0.2, -0.15) is 0 Å². The average Bonchev–Trinajstić information content (AvgIpc) is 2.70. The molecule has 0 heterocycles. The summed E-state index contributed by atoms with van der Waals surface area (Å²) in [6.45, 7) is 1.68. The molecule has 0 aliphatic heterocycles. The average molecular weight is 494 g/mol. The first-order valence-corrected chi connectivity index (χ1v) is 13.0. The van der Waals surface area contributed by atoms with Gasteiger partial charge in [-0.1, -0.05) is 11.6 Å². The highest BCUT2D eigenvalue weighted by atomic mass is 35.5. The van der Waals surface area contributed by atoms with Gasteiger partial charge in [0.25, 0.3) is 15.9 Å². The lowest BCUT2D eigenvalue weighted by molar-refractivity contribution is 0.102. The smallest absolute Gasteiger partial charge is 0.261 e.